The lowest BCUT2D eigenvalue weighted by atomic mass is 9.99. The third-order valence-electron chi connectivity index (χ3n) is 3.84. The minimum Gasteiger partial charge on any atom is -0.313 e. The minimum atomic E-state index is 0.737. The van der Waals surface area contributed by atoms with Crippen LogP contribution >= 0.6 is 23.5 Å². The summed E-state index contributed by atoms with van der Waals surface area (Å²) in [6.45, 7) is 10.5. The van der Waals surface area contributed by atoms with Gasteiger partial charge < -0.3 is 5.32 Å². The summed E-state index contributed by atoms with van der Waals surface area (Å²) in [5.41, 5.74) is 0. The van der Waals surface area contributed by atoms with Gasteiger partial charge in [0.1, 0.15) is 0 Å². The molecule has 1 aliphatic rings. The molecule has 3 heteroatoms. The van der Waals surface area contributed by atoms with Gasteiger partial charge in [0.2, 0.25) is 0 Å². The Kier molecular flexibility index (Phi) is 9.69. The van der Waals surface area contributed by atoms with Crippen LogP contribution in [0.2, 0.25) is 0 Å². The van der Waals surface area contributed by atoms with Crippen molar-refractivity contribution in [2.75, 3.05) is 18.1 Å². The lowest BCUT2D eigenvalue weighted by Gasteiger charge is -2.36. The third-order valence-corrected chi connectivity index (χ3v) is 7.25. The molecule has 1 saturated heterocycles. The number of nitrogens with one attached hydrogen (secondary N) is 1. The molecule has 3 atom stereocenters. The van der Waals surface area contributed by atoms with E-state index in [1.165, 1.54) is 50.2 Å². The van der Waals surface area contributed by atoms with Gasteiger partial charge in [-0.05, 0) is 31.7 Å². The maximum atomic E-state index is 3.84. The second-order valence-electron chi connectivity index (χ2n) is 6.04. The molecule has 0 spiro atoms. The average molecular weight is 304 g/mol. The molecule has 0 bridgehead atoms. The fraction of sp³-hybridized carbons (Fsp3) is 1.00. The van der Waals surface area contributed by atoms with Crippen LogP contribution in [0, 0.1) is 5.92 Å². The Morgan fingerprint density at radius 2 is 1.84 bits per heavy atom. The van der Waals surface area contributed by atoms with E-state index in [1.807, 2.05) is 0 Å². The molecule has 1 fully saturated rings. The zero-order valence-electron chi connectivity index (χ0n) is 13.3. The predicted octanol–water partition coefficient (Wildman–Crippen LogP) is 4.81. The molecule has 3 unspecified atom stereocenters. The van der Waals surface area contributed by atoms with Gasteiger partial charge in [0.15, 0.2) is 0 Å². The summed E-state index contributed by atoms with van der Waals surface area (Å²) < 4.78 is 0. The molecular weight excluding hydrogens is 270 g/mol. The summed E-state index contributed by atoms with van der Waals surface area (Å²) in [5.74, 6) is 3.55. The summed E-state index contributed by atoms with van der Waals surface area (Å²) >= 11 is 4.44. The smallest absolute Gasteiger partial charge is 0.0320 e. The highest BCUT2D eigenvalue weighted by molar-refractivity contribution is 8.07. The number of hydrogen-bond acceptors (Lipinski definition) is 3. The first-order valence-corrected chi connectivity index (χ1v) is 10.2. The molecule has 1 aliphatic heterocycles. The van der Waals surface area contributed by atoms with E-state index in [0.717, 1.165) is 22.5 Å². The molecule has 19 heavy (non-hydrogen) atoms. The van der Waals surface area contributed by atoms with Crippen LogP contribution in [0.3, 0.4) is 0 Å². The average Bonchev–Trinajstić information content (AvgIpc) is 2.42. The highest BCUT2D eigenvalue weighted by Gasteiger charge is 2.31. The molecule has 0 aromatic carbocycles. The molecule has 1 rings (SSSR count). The van der Waals surface area contributed by atoms with Crippen molar-refractivity contribution in [3.8, 4) is 0 Å². The van der Waals surface area contributed by atoms with Gasteiger partial charge in [-0.25, -0.2) is 0 Å². The van der Waals surface area contributed by atoms with Crippen molar-refractivity contribution in [3.63, 3.8) is 0 Å². The quantitative estimate of drug-likeness (QED) is 0.656. The summed E-state index contributed by atoms with van der Waals surface area (Å²) in [6.07, 6.45) is 6.72. The highest BCUT2D eigenvalue weighted by atomic mass is 32.2. The molecule has 0 aliphatic carbocycles. The Bertz CT molecular complexity index is 221. The van der Waals surface area contributed by atoms with E-state index in [4.69, 9.17) is 0 Å². The van der Waals surface area contributed by atoms with Crippen LogP contribution in [0.4, 0.5) is 0 Å². The van der Waals surface area contributed by atoms with Gasteiger partial charge >= 0.3 is 0 Å². The number of hydrogen-bond donors (Lipinski definition) is 1. The van der Waals surface area contributed by atoms with Crippen molar-refractivity contribution in [3.05, 3.63) is 0 Å². The normalized spacial score (nSPS) is 25.7. The van der Waals surface area contributed by atoms with Crippen LogP contribution in [0.5, 0.6) is 0 Å². The van der Waals surface area contributed by atoms with Gasteiger partial charge in [-0.3, -0.25) is 0 Å². The first kappa shape index (κ1) is 17.7. The van der Waals surface area contributed by atoms with E-state index < -0.39 is 0 Å². The first-order chi connectivity index (χ1) is 9.19. The highest BCUT2D eigenvalue weighted by Crippen LogP contribution is 2.36. The molecule has 1 nitrogen and oxygen atoms in total. The van der Waals surface area contributed by atoms with Crippen LogP contribution in [-0.2, 0) is 0 Å². The Morgan fingerprint density at radius 1 is 1.11 bits per heavy atom. The van der Waals surface area contributed by atoms with E-state index >= 15 is 0 Å². The molecular formula is C16H33NS2. The standard InChI is InChI=1S/C16H33NS2/c1-5-10-17-14(9-7-8-13(3)4)16-15(6-2)18-11-12-19-16/h13-17H,5-12H2,1-4H3. The second-order valence-corrected chi connectivity index (χ2v) is 8.67. The van der Waals surface area contributed by atoms with E-state index in [0.29, 0.717) is 0 Å². The van der Waals surface area contributed by atoms with Gasteiger partial charge in [0.25, 0.3) is 0 Å². The van der Waals surface area contributed by atoms with Crippen LogP contribution in [-0.4, -0.2) is 34.6 Å². The Balaban J connectivity index is 2.49. The van der Waals surface area contributed by atoms with E-state index in [1.54, 1.807) is 0 Å². The maximum absolute atomic E-state index is 3.84. The molecule has 0 amide bonds. The zero-order chi connectivity index (χ0) is 14.1. The number of thioether (sulfide) groups is 2. The summed E-state index contributed by atoms with van der Waals surface area (Å²) in [4.78, 5) is 0. The van der Waals surface area contributed by atoms with E-state index in [-0.39, 0.29) is 0 Å². The van der Waals surface area contributed by atoms with Crippen LogP contribution < -0.4 is 5.32 Å². The Labute approximate surface area is 129 Å². The van der Waals surface area contributed by atoms with Gasteiger partial charge in [-0.15, -0.1) is 0 Å². The minimum absolute atomic E-state index is 0.737. The van der Waals surface area contributed by atoms with Crippen LogP contribution in [0.1, 0.15) is 59.8 Å². The maximum Gasteiger partial charge on any atom is 0.0320 e. The summed E-state index contributed by atoms with van der Waals surface area (Å²) in [5, 5.41) is 5.55. The zero-order valence-corrected chi connectivity index (χ0v) is 14.9. The number of rotatable bonds is 9. The molecule has 1 heterocycles. The van der Waals surface area contributed by atoms with Gasteiger partial charge in [-0.1, -0.05) is 40.5 Å². The topological polar surface area (TPSA) is 12.0 Å². The van der Waals surface area contributed by atoms with Crippen molar-refractivity contribution in [2.24, 2.45) is 5.92 Å². The fourth-order valence-corrected chi connectivity index (χ4v) is 6.07. The monoisotopic (exact) mass is 303 g/mol. The van der Waals surface area contributed by atoms with Gasteiger partial charge in [0.05, 0.1) is 0 Å². The fourth-order valence-electron chi connectivity index (χ4n) is 2.77. The Hall–Kier alpha value is 0.660. The largest absolute Gasteiger partial charge is 0.313 e. The van der Waals surface area contributed by atoms with Crippen LogP contribution in [0.25, 0.3) is 0 Å². The van der Waals surface area contributed by atoms with Gasteiger partial charge in [-0.2, -0.15) is 23.5 Å². The van der Waals surface area contributed by atoms with Crippen molar-refractivity contribution >= 4 is 23.5 Å². The summed E-state index contributed by atoms with van der Waals surface area (Å²) in [6, 6.07) is 0.737. The molecule has 114 valence electrons. The molecule has 0 saturated carbocycles. The predicted molar refractivity (Wildman–Crippen MR) is 93.6 cm³/mol. The third kappa shape index (κ3) is 6.77. The van der Waals surface area contributed by atoms with Crippen molar-refractivity contribution < 1.29 is 0 Å². The SMILES string of the molecule is CCCNC(CCCC(C)C)C1SCCSC1CC. The molecule has 0 aromatic heterocycles. The molecule has 0 radical (unpaired) electrons. The van der Waals surface area contributed by atoms with Crippen molar-refractivity contribution in [1.82, 2.24) is 5.32 Å². The lowest BCUT2D eigenvalue weighted by Crippen LogP contribution is -2.45. The van der Waals surface area contributed by atoms with Gasteiger partial charge in [0, 0.05) is 28.0 Å². The van der Waals surface area contributed by atoms with E-state index in [2.05, 4.69) is 56.5 Å². The second kappa shape index (κ2) is 10.4. The molecule has 1 N–H and O–H groups in total. The van der Waals surface area contributed by atoms with Crippen LogP contribution in [0.15, 0.2) is 0 Å². The first-order valence-electron chi connectivity index (χ1n) is 8.15. The Morgan fingerprint density at radius 3 is 2.47 bits per heavy atom. The van der Waals surface area contributed by atoms with Crippen molar-refractivity contribution in [2.45, 2.75) is 76.3 Å². The molecule has 0 aromatic rings. The van der Waals surface area contributed by atoms with Crippen molar-refractivity contribution in [1.29, 1.82) is 0 Å². The summed E-state index contributed by atoms with van der Waals surface area (Å²) in [7, 11) is 0. The van der Waals surface area contributed by atoms with E-state index in [9.17, 15) is 0 Å². The lowest BCUT2D eigenvalue weighted by molar-refractivity contribution is 0.419.